The van der Waals surface area contributed by atoms with Crippen LogP contribution in [0.3, 0.4) is 0 Å². The van der Waals surface area contributed by atoms with Crippen molar-refractivity contribution in [3.63, 3.8) is 0 Å². The molecule has 1 atom stereocenters. The second kappa shape index (κ2) is 6.77. The fourth-order valence-corrected chi connectivity index (χ4v) is 2.68. The molecule has 3 rings (SSSR count). The van der Waals surface area contributed by atoms with Crippen molar-refractivity contribution < 1.29 is 27.3 Å². The summed E-state index contributed by atoms with van der Waals surface area (Å²) in [6.45, 7) is 0.123. The molecule has 1 aromatic heterocycles. The Kier molecular flexibility index (Phi) is 4.66. The molecule has 26 heavy (non-hydrogen) atoms. The molecule has 1 N–H and O–H groups in total. The van der Waals surface area contributed by atoms with Gasteiger partial charge in [0.25, 0.3) is 5.91 Å². The van der Waals surface area contributed by atoms with Gasteiger partial charge in [-0.1, -0.05) is 23.4 Å². The molecule has 10 heteroatoms. The molecule has 2 aromatic rings. The molecule has 2 heterocycles. The van der Waals surface area contributed by atoms with Crippen molar-refractivity contribution in [2.75, 3.05) is 13.6 Å². The van der Waals surface area contributed by atoms with Crippen LogP contribution in [-0.2, 0) is 17.4 Å². The molecular weight excluding hydrogens is 353 g/mol. The van der Waals surface area contributed by atoms with Gasteiger partial charge in [0.1, 0.15) is 0 Å². The van der Waals surface area contributed by atoms with Gasteiger partial charge in [0.05, 0.1) is 12.5 Å². The first-order chi connectivity index (χ1) is 12.3. The lowest BCUT2D eigenvalue weighted by atomic mass is 10.0. The Morgan fingerprint density at radius 3 is 2.77 bits per heavy atom. The number of likely N-dealkylation sites (N-methyl/N-ethyl adjacent to an activating group) is 1. The van der Waals surface area contributed by atoms with E-state index in [9.17, 15) is 22.8 Å². The molecule has 138 valence electrons. The van der Waals surface area contributed by atoms with Crippen LogP contribution in [0.4, 0.5) is 13.2 Å². The molecule has 0 spiro atoms. The minimum Gasteiger partial charge on any atom is -0.345 e. The highest BCUT2D eigenvalue weighted by atomic mass is 19.4. The zero-order valence-electron chi connectivity index (χ0n) is 13.7. The number of benzene rings is 1. The van der Waals surface area contributed by atoms with E-state index < -0.39 is 18.1 Å². The maximum absolute atomic E-state index is 12.4. The largest absolute Gasteiger partial charge is 0.471 e. The topological polar surface area (TPSA) is 88.3 Å². The third-order valence-electron chi connectivity index (χ3n) is 4.07. The van der Waals surface area contributed by atoms with E-state index in [2.05, 4.69) is 20.0 Å². The molecule has 0 aliphatic carbocycles. The minimum absolute atomic E-state index is 0.0232. The van der Waals surface area contributed by atoms with Crippen LogP contribution >= 0.6 is 0 Å². The zero-order valence-corrected chi connectivity index (χ0v) is 13.7. The molecule has 7 nitrogen and oxygen atoms in total. The summed E-state index contributed by atoms with van der Waals surface area (Å²) >= 11 is 0. The third kappa shape index (κ3) is 3.68. The third-order valence-corrected chi connectivity index (χ3v) is 4.07. The number of nitrogens with zero attached hydrogens (tertiary/aromatic N) is 3. The average molecular weight is 368 g/mol. The Bertz CT molecular complexity index is 834. The van der Waals surface area contributed by atoms with Gasteiger partial charge in [-0.2, -0.15) is 18.2 Å². The maximum Gasteiger partial charge on any atom is 0.471 e. The Balaban J connectivity index is 1.56. The van der Waals surface area contributed by atoms with Crippen molar-refractivity contribution in [3.05, 3.63) is 47.1 Å². The van der Waals surface area contributed by atoms with E-state index in [1.165, 1.54) is 11.9 Å². The number of carbonyl (C=O) groups excluding carboxylic acids is 2. The lowest BCUT2D eigenvalue weighted by molar-refractivity contribution is -0.159. The summed E-state index contributed by atoms with van der Waals surface area (Å²) in [7, 11) is 1.52. The maximum atomic E-state index is 12.4. The fraction of sp³-hybridized carbons (Fsp3) is 0.375. The quantitative estimate of drug-likeness (QED) is 0.872. The first-order valence-electron chi connectivity index (χ1n) is 7.79. The lowest BCUT2D eigenvalue weighted by Gasteiger charge is -2.19. The van der Waals surface area contributed by atoms with Crippen LogP contribution in [0, 0.1) is 0 Å². The monoisotopic (exact) mass is 368 g/mol. The normalized spacial score (nSPS) is 16.3. The smallest absolute Gasteiger partial charge is 0.345 e. The molecule has 0 fully saturated rings. The molecule has 1 aromatic carbocycles. The predicted molar refractivity (Wildman–Crippen MR) is 81.9 cm³/mol. The summed E-state index contributed by atoms with van der Waals surface area (Å²) < 4.78 is 41.4. The highest BCUT2D eigenvalue weighted by Gasteiger charge is 2.38. The highest BCUT2D eigenvalue weighted by Crippen LogP contribution is 2.28. The summed E-state index contributed by atoms with van der Waals surface area (Å²) in [6.07, 6.45) is -4.62. The van der Waals surface area contributed by atoms with Crippen LogP contribution in [0.2, 0.25) is 0 Å². The molecule has 0 bridgehead atoms. The summed E-state index contributed by atoms with van der Waals surface area (Å²) in [5.41, 5.74) is 1.30. The number of alkyl halides is 3. The van der Waals surface area contributed by atoms with Gasteiger partial charge in [-0.05, 0) is 11.6 Å². The molecule has 0 unspecified atom stereocenters. The summed E-state index contributed by atoms with van der Waals surface area (Å²) in [5, 5.41) is 6.00. The van der Waals surface area contributed by atoms with Crippen LogP contribution in [0.15, 0.2) is 28.8 Å². The van der Waals surface area contributed by atoms with Crippen LogP contribution in [-0.4, -0.2) is 40.4 Å². The molecule has 2 amide bonds. The number of hydrogen-bond acceptors (Lipinski definition) is 5. The number of halogens is 3. The Morgan fingerprint density at radius 1 is 1.35 bits per heavy atom. The summed E-state index contributed by atoms with van der Waals surface area (Å²) in [5.74, 6) is -2.03. The molecule has 1 aliphatic heterocycles. The van der Waals surface area contributed by atoms with Gasteiger partial charge in [0, 0.05) is 25.6 Å². The van der Waals surface area contributed by atoms with E-state index in [1.54, 1.807) is 24.3 Å². The number of rotatable bonds is 5. The summed E-state index contributed by atoms with van der Waals surface area (Å²) in [4.78, 5) is 28.8. The number of amides is 2. The number of nitrogens with one attached hydrogen (secondary N) is 1. The number of hydrogen-bond donors (Lipinski definition) is 1. The average Bonchev–Trinajstić information content (AvgIpc) is 3.18. The first kappa shape index (κ1) is 17.9. The molecular formula is C16H15F3N4O3. The van der Waals surface area contributed by atoms with E-state index >= 15 is 0 Å². The Morgan fingerprint density at radius 2 is 2.08 bits per heavy atom. The van der Waals surface area contributed by atoms with E-state index in [0.717, 1.165) is 5.56 Å². The van der Waals surface area contributed by atoms with Crippen molar-refractivity contribution in [3.8, 4) is 0 Å². The standard InChI is InChI=1S/C16H15F3N4O3/c1-23(7-6-12-21-15(26-22-12)16(17,18)19)13(24)8-11-9-4-2-3-5-10(9)14(25)20-11/h2-5,11H,6-8H2,1H3,(H,20,25)/t11-/m1/s1. The van der Waals surface area contributed by atoms with Gasteiger partial charge < -0.3 is 14.7 Å². The van der Waals surface area contributed by atoms with Crippen molar-refractivity contribution >= 4 is 11.8 Å². The van der Waals surface area contributed by atoms with E-state index in [1.807, 2.05) is 0 Å². The van der Waals surface area contributed by atoms with E-state index in [-0.39, 0.29) is 37.0 Å². The van der Waals surface area contributed by atoms with Crippen molar-refractivity contribution in [1.29, 1.82) is 0 Å². The van der Waals surface area contributed by atoms with Crippen molar-refractivity contribution in [2.45, 2.75) is 25.1 Å². The second-order valence-corrected chi connectivity index (χ2v) is 5.90. The second-order valence-electron chi connectivity index (χ2n) is 5.90. The van der Waals surface area contributed by atoms with E-state index in [4.69, 9.17) is 0 Å². The molecule has 0 saturated carbocycles. The predicted octanol–water partition coefficient (Wildman–Crippen LogP) is 1.96. The van der Waals surface area contributed by atoms with Crippen LogP contribution in [0.5, 0.6) is 0 Å². The number of carbonyl (C=O) groups is 2. The molecule has 0 radical (unpaired) electrons. The minimum atomic E-state index is -4.69. The van der Waals surface area contributed by atoms with Crippen molar-refractivity contribution in [2.24, 2.45) is 0 Å². The molecule has 0 saturated heterocycles. The zero-order chi connectivity index (χ0) is 18.9. The Hall–Kier alpha value is -2.91. The Labute approximate surface area is 146 Å². The van der Waals surface area contributed by atoms with Gasteiger partial charge in [-0.15, -0.1) is 0 Å². The number of fused-ring (bicyclic) bond motifs is 1. The highest BCUT2D eigenvalue weighted by molar-refractivity contribution is 5.99. The van der Waals surface area contributed by atoms with Gasteiger partial charge in [-0.3, -0.25) is 9.59 Å². The van der Waals surface area contributed by atoms with Gasteiger partial charge in [0.15, 0.2) is 5.82 Å². The van der Waals surface area contributed by atoms with E-state index in [0.29, 0.717) is 5.56 Å². The van der Waals surface area contributed by atoms with Gasteiger partial charge in [-0.25, -0.2) is 0 Å². The van der Waals surface area contributed by atoms with Gasteiger partial charge >= 0.3 is 12.1 Å². The SMILES string of the molecule is CN(CCc1noc(C(F)(F)F)n1)C(=O)C[C@H]1NC(=O)c2ccccc21. The summed E-state index contributed by atoms with van der Waals surface area (Å²) in [6, 6.07) is 6.58. The van der Waals surface area contributed by atoms with Crippen LogP contribution in [0.25, 0.3) is 0 Å². The molecule has 1 aliphatic rings. The fourth-order valence-electron chi connectivity index (χ4n) is 2.68. The van der Waals surface area contributed by atoms with Gasteiger partial charge in [0.2, 0.25) is 5.91 Å². The first-order valence-corrected chi connectivity index (χ1v) is 7.79. The van der Waals surface area contributed by atoms with Crippen LogP contribution in [0.1, 0.15) is 40.1 Å². The number of aromatic nitrogens is 2. The lowest BCUT2D eigenvalue weighted by Crippen LogP contribution is -2.32. The van der Waals surface area contributed by atoms with Crippen LogP contribution < -0.4 is 5.32 Å². The van der Waals surface area contributed by atoms with Crippen molar-refractivity contribution in [1.82, 2.24) is 20.4 Å².